The van der Waals surface area contributed by atoms with E-state index in [-0.39, 0.29) is 22.5 Å². The van der Waals surface area contributed by atoms with E-state index in [1.165, 1.54) is 36.4 Å². The van der Waals surface area contributed by atoms with Gasteiger partial charge in [-0.1, -0.05) is 12.1 Å². The van der Waals surface area contributed by atoms with E-state index in [1.807, 2.05) is 0 Å². The highest BCUT2D eigenvalue weighted by molar-refractivity contribution is 6.10. The van der Waals surface area contributed by atoms with E-state index in [0.29, 0.717) is 0 Å². The van der Waals surface area contributed by atoms with Gasteiger partial charge in [0, 0.05) is 5.56 Å². The second-order valence-electron chi connectivity index (χ2n) is 5.21. The van der Waals surface area contributed by atoms with Gasteiger partial charge in [-0.15, -0.1) is 0 Å². The molecule has 3 aromatic rings. The van der Waals surface area contributed by atoms with Crippen LogP contribution in [0.4, 0.5) is 4.39 Å². The smallest absolute Gasteiger partial charge is 0.215 e. The fraction of sp³-hybridized carbons (Fsp3) is 0. The summed E-state index contributed by atoms with van der Waals surface area (Å²) in [5, 5.41) is 38.1. The number of phenolic OH excluding ortho intramolecular Hbond substituents is 4. The van der Waals surface area contributed by atoms with Gasteiger partial charge in [-0.25, -0.2) is 9.37 Å². The van der Waals surface area contributed by atoms with Gasteiger partial charge >= 0.3 is 0 Å². The predicted molar refractivity (Wildman–Crippen MR) is 86.2 cm³/mol. The Morgan fingerprint density at radius 3 is 2.32 bits per heavy atom. The summed E-state index contributed by atoms with van der Waals surface area (Å²) in [7, 11) is 0. The summed E-state index contributed by atoms with van der Waals surface area (Å²) in [4.78, 5) is 16.6. The van der Waals surface area contributed by atoms with Gasteiger partial charge < -0.3 is 20.4 Å². The molecule has 25 heavy (non-hydrogen) atoms. The molecule has 7 heteroatoms. The Bertz CT molecular complexity index is 987. The van der Waals surface area contributed by atoms with Crippen LogP contribution in [0.3, 0.4) is 0 Å². The molecule has 0 fully saturated rings. The van der Waals surface area contributed by atoms with Crippen molar-refractivity contribution in [3.63, 3.8) is 0 Å². The van der Waals surface area contributed by atoms with Crippen LogP contribution in [0.1, 0.15) is 16.1 Å². The Morgan fingerprint density at radius 1 is 0.840 bits per heavy atom. The molecular weight excluding hydrogens is 329 g/mol. The monoisotopic (exact) mass is 341 g/mol. The highest BCUT2D eigenvalue weighted by Gasteiger charge is 2.20. The van der Waals surface area contributed by atoms with Crippen molar-refractivity contribution in [2.45, 2.75) is 0 Å². The number of nitrogens with zero attached hydrogens (tertiary/aromatic N) is 1. The average molecular weight is 341 g/mol. The van der Waals surface area contributed by atoms with E-state index in [0.717, 1.165) is 12.1 Å². The number of hydrogen-bond donors (Lipinski definition) is 4. The molecule has 0 amide bonds. The van der Waals surface area contributed by atoms with Crippen LogP contribution in [0.2, 0.25) is 0 Å². The maximum atomic E-state index is 14.0. The molecular formula is C18H12FNO5. The van der Waals surface area contributed by atoms with Crippen LogP contribution in [-0.4, -0.2) is 31.2 Å². The molecule has 0 atom stereocenters. The van der Waals surface area contributed by atoms with Crippen molar-refractivity contribution in [2.24, 2.45) is 0 Å². The summed E-state index contributed by atoms with van der Waals surface area (Å²) >= 11 is 0. The summed E-state index contributed by atoms with van der Waals surface area (Å²) in [6.45, 7) is 0. The number of carbonyl (C=O) groups is 1. The molecule has 0 unspecified atom stereocenters. The Morgan fingerprint density at radius 2 is 1.56 bits per heavy atom. The maximum absolute atomic E-state index is 14.0. The van der Waals surface area contributed by atoms with E-state index in [2.05, 4.69) is 4.98 Å². The molecule has 0 aliphatic carbocycles. The average Bonchev–Trinajstić information content (AvgIpc) is 2.62. The molecule has 0 aliphatic rings. The summed E-state index contributed by atoms with van der Waals surface area (Å²) in [6, 6.07) is 10.5. The summed E-state index contributed by atoms with van der Waals surface area (Å²) in [5.41, 5.74) is -0.258. The topological polar surface area (TPSA) is 111 Å². The van der Waals surface area contributed by atoms with Crippen LogP contribution >= 0.6 is 0 Å². The van der Waals surface area contributed by atoms with E-state index >= 15 is 0 Å². The second-order valence-corrected chi connectivity index (χ2v) is 5.21. The summed E-state index contributed by atoms with van der Waals surface area (Å²) < 4.78 is 14.0. The van der Waals surface area contributed by atoms with Crippen molar-refractivity contribution in [1.82, 2.24) is 4.98 Å². The first-order valence-electron chi connectivity index (χ1n) is 7.13. The molecule has 1 heterocycles. The quantitative estimate of drug-likeness (QED) is 0.431. The van der Waals surface area contributed by atoms with Crippen LogP contribution in [0, 0.1) is 5.82 Å². The van der Waals surface area contributed by atoms with Crippen molar-refractivity contribution in [3.05, 3.63) is 65.6 Å². The van der Waals surface area contributed by atoms with Crippen molar-refractivity contribution in [1.29, 1.82) is 0 Å². The maximum Gasteiger partial charge on any atom is 0.215 e. The van der Waals surface area contributed by atoms with E-state index in [1.54, 1.807) is 0 Å². The minimum absolute atomic E-state index is 0.00688. The van der Waals surface area contributed by atoms with Crippen molar-refractivity contribution < 1.29 is 29.6 Å². The third-order valence-corrected chi connectivity index (χ3v) is 3.61. The third kappa shape index (κ3) is 2.83. The SMILES string of the molecule is O=C(c1cccc(-c2cccc(O)c2F)n1)c1ccc(O)c(O)c1O. The largest absolute Gasteiger partial charge is 0.505 e. The highest BCUT2D eigenvalue weighted by Crippen LogP contribution is 2.38. The van der Waals surface area contributed by atoms with Gasteiger partial charge in [-0.05, 0) is 36.4 Å². The van der Waals surface area contributed by atoms with E-state index in [4.69, 9.17) is 0 Å². The van der Waals surface area contributed by atoms with Gasteiger partial charge in [0.05, 0.1) is 11.3 Å². The molecule has 0 spiro atoms. The number of hydrogen-bond acceptors (Lipinski definition) is 6. The lowest BCUT2D eigenvalue weighted by Gasteiger charge is -2.08. The molecule has 0 radical (unpaired) electrons. The fourth-order valence-electron chi connectivity index (χ4n) is 2.32. The minimum atomic E-state index is -0.871. The first kappa shape index (κ1) is 16.3. The predicted octanol–water partition coefficient (Wildman–Crippen LogP) is 2.94. The first-order chi connectivity index (χ1) is 11.9. The molecule has 6 nitrogen and oxygen atoms in total. The number of benzene rings is 2. The van der Waals surface area contributed by atoms with Gasteiger partial charge in [-0.3, -0.25) is 4.79 Å². The number of carbonyl (C=O) groups excluding carboxylic acids is 1. The van der Waals surface area contributed by atoms with Crippen molar-refractivity contribution in [2.75, 3.05) is 0 Å². The fourth-order valence-corrected chi connectivity index (χ4v) is 2.32. The Labute approximate surface area is 141 Å². The Kier molecular flexibility index (Phi) is 3.98. The van der Waals surface area contributed by atoms with Crippen molar-refractivity contribution >= 4 is 5.78 Å². The molecule has 0 bridgehead atoms. The lowest BCUT2D eigenvalue weighted by Crippen LogP contribution is -2.05. The second kappa shape index (κ2) is 6.12. The molecule has 4 N–H and O–H groups in total. The Hall–Kier alpha value is -3.61. The summed E-state index contributed by atoms with van der Waals surface area (Å²) in [5.74, 6) is -4.31. The zero-order valence-electron chi connectivity index (χ0n) is 12.6. The Balaban J connectivity index is 2.07. The third-order valence-electron chi connectivity index (χ3n) is 3.61. The molecule has 0 saturated carbocycles. The highest BCUT2D eigenvalue weighted by atomic mass is 19.1. The minimum Gasteiger partial charge on any atom is -0.505 e. The number of aromatic hydroxyl groups is 4. The van der Waals surface area contributed by atoms with Gasteiger partial charge in [0.1, 0.15) is 5.69 Å². The van der Waals surface area contributed by atoms with Gasteiger partial charge in [0.25, 0.3) is 0 Å². The number of rotatable bonds is 3. The zero-order chi connectivity index (χ0) is 18.1. The molecule has 126 valence electrons. The lowest BCUT2D eigenvalue weighted by molar-refractivity contribution is 0.103. The van der Waals surface area contributed by atoms with Gasteiger partial charge in [0.15, 0.2) is 23.1 Å². The van der Waals surface area contributed by atoms with E-state index in [9.17, 15) is 29.6 Å². The number of halogens is 1. The molecule has 2 aromatic carbocycles. The molecule has 1 aromatic heterocycles. The molecule has 0 aliphatic heterocycles. The number of aromatic nitrogens is 1. The van der Waals surface area contributed by atoms with Gasteiger partial charge in [-0.2, -0.15) is 0 Å². The van der Waals surface area contributed by atoms with Crippen LogP contribution in [0.25, 0.3) is 11.3 Å². The first-order valence-corrected chi connectivity index (χ1v) is 7.13. The van der Waals surface area contributed by atoms with Crippen LogP contribution in [0.15, 0.2) is 48.5 Å². The van der Waals surface area contributed by atoms with Crippen LogP contribution in [-0.2, 0) is 0 Å². The molecule has 0 saturated heterocycles. The number of ketones is 1. The van der Waals surface area contributed by atoms with Crippen molar-refractivity contribution in [3.8, 4) is 34.3 Å². The van der Waals surface area contributed by atoms with E-state index < -0.39 is 34.6 Å². The number of pyridine rings is 1. The van der Waals surface area contributed by atoms with Crippen LogP contribution < -0.4 is 0 Å². The lowest BCUT2D eigenvalue weighted by atomic mass is 10.0. The standard InChI is InChI=1S/C18H12FNO5/c19-15-9(3-1-6-13(15)21)11-4-2-5-12(20-11)16(23)10-7-8-14(22)18(25)17(10)24/h1-8,21-22,24-25H. The van der Waals surface area contributed by atoms with Gasteiger partial charge in [0.2, 0.25) is 11.5 Å². The zero-order valence-corrected chi connectivity index (χ0v) is 12.6. The normalized spacial score (nSPS) is 10.6. The summed E-state index contributed by atoms with van der Waals surface area (Å²) in [6.07, 6.45) is 0. The number of phenols is 4. The van der Waals surface area contributed by atoms with Crippen LogP contribution in [0.5, 0.6) is 23.0 Å². The molecule has 3 rings (SSSR count).